The Bertz CT molecular complexity index is 355. The summed E-state index contributed by atoms with van der Waals surface area (Å²) >= 11 is 0. The van der Waals surface area contributed by atoms with E-state index in [0.717, 1.165) is 24.9 Å². The maximum atomic E-state index is 13.2. The van der Waals surface area contributed by atoms with Crippen molar-refractivity contribution in [3.63, 3.8) is 0 Å². The maximum Gasteiger partial charge on any atom is 0.123 e. The molecule has 1 aliphatic heterocycles. The van der Waals surface area contributed by atoms with Gasteiger partial charge in [-0.25, -0.2) is 4.39 Å². The Morgan fingerprint density at radius 2 is 2.29 bits per heavy atom. The minimum Gasteiger partial charge on any atom is -0.383 e. The van der Waals surface area contributed by atoms with E-state index in [2.05, 4.69) is 5.32 Å². The molecule has 0 amide bonds. The molecule has 1 unspecified atom stereocenters. The highest BCUT2D eigenvalue weighted by Crippen LogP contribution is 2.24. The summed E-state index contributed by atoms with van der Waals surface area (Å²) in [5.41, 5.74) is 1.03. The van der Waals surface area contributed by atoms with Crippen LogP contribution in [0.1, 0.15) is 24.8 Å². The molecule has 1 N–H and O–H groups in total. The zero-order valence-corrected chi connectivity index (χ0v) is 10.3. The highest BCUT2D eigenvalue weighted by Gasteiger charge is 2.31. The molecule has 0 saturated carbocycles. The zero-order valence-electron chi connectivity index (χ0n) is 10.3. The summed E-state index contributed by atoms with van der Waals surface area (Å²) < 4.78 is 18.5. The Morgan fingerprint density at radius 1 is 1.41 bits per heavy atom. The van der Waals surface area contributed by atoms with Gasteiger partial charge in [-0.3, -0.25) is 0 Å². The molecule has 1 heterocycles. The highest BCUT2D eigenvalue weighted by molar-refractivity contribution is 5.19. The second-order valence-electron chi connectivity index (χ2n) is 4.90. The van der Waals surface area contributed by atoms with Crippen LogP contribution in [0.5, 0.6) is 0 Å². The lowest BCUT2D eigenvalue weighted by Crippen LogP contribution is -2.53. The fourth-order valence-corrected chi connectivity index (χ4v) is 2.67. The van der Waals surface area contributed by atoms with Crippen molar-refractivity contribution in [3.05, 3.63) is 35.6 Å². The number of rotatable bonds is 4. The molecule has 1 aromatic carbocycles. The van der Waals surface area contributed by atoms with Crippen LogP contribution < -0.4 is 5.32 Å². The number of ether oxygens (including phenoxy) is 1. The minimum absolute atomic E-state index is 0.0131. The molecule has 1 aromatic rings. The average Bonchev–Trinajstić information content (AvgIpc) is 2.30. The number of hydrogen-bond donors (Lipinski definition) is 1. The normalized spacial score (nSPS) is 24.8. The van der Waals surface area contributed by atoms with Crippen LogP contribution in [0.2, 0.25) is 0 Å². The lowest BCUT2D eigenvalue weighted by atomic mass is 9.84. The number of piperidine rings is 1. The molecule has 94 valence electrons. The van der Waals surface area contributed by atoms with Gasteiger partial charge in [-0.1, -0.05) is 18.6 Å². The first-order valence-electron chi connectivity index (χ1n) is 6.23. The van der Waals surface area contributed by atoms with E-state index < -0.39 is 0 Å². The third kappa shape index (κ3) is 3.27. The summed E-state index contributed by atoms with van der Waals surface area (Å²) in [7, 11) is 1.73. The van der Waals surface area contributed by atoms with E-state index >= 15 is 0 Å². The summed E-state index contributed by atoms with van der Waals surface area (Å²) in [6.07, 6.45) is 4.36. The molecule has 1 fully saturated rings. The topological polar surface area (TPSA) is 21.3 Å². The highest BCUT2D eigenvalue weighted by atomic mass is 19.1. The molecule has 3 heteroatoms. The molecule has 0 aliphatic carbocycles. The molecule has 2 rings (SSSR count). The molecule has 0 spiro atoms. The third-order valence-electron chi connectivity index (χ3n) is 3.43. The first-order chi connectivity index (χ1) is 8.24. The quantitative estimate of drug-likeness (QED) is 0.869. The van der Waals surface area contributed by atoms with Gasteiger partial charge in [0.1, 0.15) is 5.82 Å². The molecular weight excluding hydrogens is 217 g/mol. The smallest absolute Gasteiger partial charge is 0.123 e. The van der Waals surface area contributed by atoms with Crippen molar-refractivity contribution in [2.75, 3.05) is 20.3 Å². The van der Waals surface area contributed by atoms with Gasteiger partial charge < -0.3 is 10.1 Å². The standard InChI is InChI=1S/C14H20FNO/c1-17-11-14(7-2-3-8-16-14)10-12-5-4-6-13(15)9-12/h4-6,9,16H,2-3,7-8,10-11H2,1H3. The van der Waals surface area contributed by atoms with E-state index in [9.17, 15) is 4.39 Å². The second-order valence-corrected chi connectivity index (χ2v) is 4.90. The van der Waals surface area contributed by atoms with Crippen LogP contribution in [0.15, 0.2) is 24.3 Å². The number of halogens is 1. The summed E-state index contributed by atoms with van der Waals surface area (Å²) in [4.78, 5) is 0. The van der Waals surface area contributed by atoms with Gasteiger partial charge in [0.2, 0.25) is 0 Å². The van der Waals surface area contributed by atoms with Crippen LogP contribution in [0, 0.1) is 5.82 Å². The SMILES string of the molecule is COCC1(Cc2cccc(F)c2)CCCCN1. The van der Waals surface area contributed by atoms with Crippen molar-refractivity contribution in [1.29, 1.82) is 0 Å². The molecule has 0 bridgehead atoms. The molecule has 0 radical (unpaired) electrons. The monoisotopic (exact) mass is 237 g/mol. The van der Waals surface area contributed by atoms with E-state index in [0.29, 0.717) is 6.61 Å². The van der Waals surface area contributed by atoms with Crippen LogP contribution in [0.25, 0.3) is 0 Å². The van der Waals surface area contributed by atoms with Crippen LogP contribution >= 0.6 is 0 Å². The molecule has 2 nitrogen and oxygen atoms in total. The molecular formula is C14H20FNO. The third-order valence-corrected chi connectivity index (χ3v) is 3.43. The fourth-order valence-electron chi connectivity index (χ4n) is 2.67. The summed E-state index contributed by atoms with van der Waals surface area (Å²) in [5, 5.41) is 3.55. The van der Waals surface area contributed by atoms with Gasteiger partial charge in [0.15, 0.2) is 0 Å². The molecule has 1 aliphatic rings. The predicted octanol–water partition coefficient (Wildman–Crippen LogP) is 2.53. The van der Waals surface area contributed by atoms with E-state index in [4.69, 9.17) is 4.74 Å². The molecule has 1 atom stereocenters. The first-order valence-corrected chi connectivity index (χ1v) is 6.23. The Hall–Kier alpha value is -0.930. The van der Waals surface area contributed by atoms with Crippen molar-refractivity contribution in [1.82, 2.24) is 5.32 Å². The zero-order chi connectivity index (χ0) is 12.1. The number of hydrogen-bond acceptors (Lipinski definition) is 2. The molecule has 1 saturated heterocycles. The summed E-state index contributed by atoms with van der Waals surface area (Å²) in [6.45, 7) is 1.71. The fraction of sp³-hybridized carbons (Fsp3) is 0.571. The van der Waals surface area contributed by atoms with Gasteiger partial charge >= 0.3 is 0 Å². The van der Waals surface area contributed by atoms with Crippen molar-refractivity contribution in [2.45, 2.75) is 31.2 Å². The summed E-state index contributed by atoms with van der Waals surface area (Å²) in [6, 6.07) is 6.86. The maximum absolute atomic E-state index is 13.2. The van der Waals surface area contributed by atoms with Crippen LogP contribution in [0.3, 0.4) is 0 Å². The Morgan fingerprint density at radius 3 is 2.94 bits per heavy atom. The molecule has 17 heavy (non-hydrogen) atoms. The van der Waals surface area contributed by atoms with Crippen LogP contribution in [-0.4, -0.2) is 25.8 Å². The summed E-state index contributed by atoms with van der Waals surface area (Å²) in [5.74, 6) is -0.161. The van der Waals surface area contributed by atoms with Crippen molar-refractivity contribution in [3.8, 4) is 0 Å². The van der Waals surface area contributed by atoms with Crippen LogP contribution in [-0.2, 0) is 11.2 Å². The number of methoxy groups -OCH3 is 1. The van der Waals surface area contributed by atoms with Crippen LogP contribution in [0.4, 0.5) is 4.39 Å². The Balaban J connectivity index is 2.11. The Labute approximate surface area is 102 Å². The van der Waals surface area contributed by atoms with E-state index in [1.807, 2.05) is 6.07 Å². The van der Waals surface area contributed by atoms with Gasteiger partial charge in [0.05, 0.1) is 6.61 Å². The van der Waals surface area contributed by atoms with Gasteiger partial charge in [-0.05, 0) is 43.5 Å². The lowest BCUT2D eigenvalue weighted by Gasteiger charge is -2.38. The molecule has 0 aromatic heterocycles. The van der Waals surface area contributed by atoms with E-state index in [1.54, 1.807) is 19.2 Å². The predicted molar refractivity (Wildman–Crippen MR) is 66.6 cm³/mol. The lowest BCUT2D eigenvalue weighted by molar-refractivity contribution is 0.0894. The number of benzene rings is 1. The van der Waals surface area contributed by atoms with Gasteiger partial charge in [0.25, 0.3) is 0 Å². The Kier molecular flexibility index (Phi) is 4.13. The van der Waals surface area contributed by atoms with Crippen molar-refractivity contribution < 1.29 is 9.13 Å². The van der Waals surface area contributed by atoms with Gasteiger partial charge in [0, 0.05) is 12.6 Å². The van der Waals surface area contributed by atoms with E-state index in [-0.39, 0.29) is 11.4 Å². The van der Waals surface area contributed by atoms with E-state index in [1.165, 1.54) is 18.9 Å². The first kappa shape index (κ1) is 12.5. The number of nitrogens with one attached hydrogen (secondary N) is 1. The second kappa shape index (κ2) is 5.61. The average molecular weight is 237 g/mol. The minimum atomic E-state index is -0.161. The largest absolute Gasteiger partial charge is 0.383 e. The van der Waals surface area contributed by atoms with Gasteiger partial charge in [-0.15, -0.1) is 0 Å². The van der Waals surface area contributed by atoms with Gasteiger partial charge in [-0.2, -0.15) is 0 Å². The van der Waals surface area contributed by atoms with Crippen molar-refractivity contribution in [2.24, 2.45) is 0 Å². The van der Waals surface area contributed by atoms with Crippen molar-refractivity contribution >= 4 is 0 Å².